The topological polar surface area (TPSA) is 100 Å². The predicted molar refractivity (Wildman–Crippen MR) is 128 cm³/mol. The molecule has 4 rings (SSSR count). The summed E-state index contributed by atoms with van der Waals surface area (Å²) in [7, 11) is 1.55. The number of hydrogen-bond acceptors (Lipinski definition) is 5. The van der Waals surface area contributed by atoms with E-state index in [1.165, 1.54) is 6.42 Å². The number of aromatic amines is 1. The summed E-state index contributed by atoms with van der Waals surface area (Å²) in [6, 6.07) is 15.4. The highest BCUT2D eigenvalue weighted by Crippen LogP contribution is 2.30. The first kappa shape index (κ1) is 22.4. The summed E-state index contributed by atoms with van der Waals surface area (Å²) in [5.74, 6) is 1.83. The number of allylic oxidation sites excluding steroid dienone is 1. The van der Waals surface area contributed by atoms with Gasteiger partial charge in [-0.1, -0.05) is 38.0 Å². The highest BCUT2D eigenvalue weighted by atomic mass is 16.5. The largest absolute Gasteiger partial charge is 0.493 e. The van der Waals surface area contributed by atoms with E-state index in [4.69, 9.17) is 9.47 Å². The molecule has 7 heteroatoms. The Morgan fingerprint density at radius 1 is 1.24 bits per heavy atom. The van der Waals surface area contributed by atoms with Gasteiger partial charge >= 0.3 is 0 Å². The number of methoxy groups -OCH3 is 1. The molecule has 0 aliphatic heterocycles. The fourth-order valence-electron chi connectivity index (χ4n) is 4.22. The van der Waals surface area contributed by atoms with Gasteiger partial charge in [0.2, 0.25) is 0 Å². The van der Waals surface area contributed by atoms with Crippen LogP contribution in [-0.4, -0.2) is 35.6 Å². The molecule has 2 atom stereocenters. The van der Waals surface area contributed by atoms with Crippen LogP contribution in [0, 0.1) is 17.2 Å². The lowest BCUT2D eigenvalue weighted by molar-refractivity contribution is -0.124. The Bertz CT molecular complexity index is 1170. The Hall–Kier alpha value is -3.79. The van der Waals surface area contributed by atoms with E-state index in [0.717, 1.165) is 35.9 Å². The highest BCUT2D eigenvalue weighted by molar-refractivity contribution is 5.90. The van der Waals surface area contributed by atoms with Crippen LogP contribution in [0.4, 0.5) is 0 Å². The van der Waals surface area contributed by atoms with Gasteiger partial charge in [0, 0.05) is 6.04 Å². The molecule has 2 N–H and O–H groups in total. The summed E-state index contributed by atoms with van der Waals surface area (Å²) in [5, 5.41) is 12.8. The van der Waals surface area contributed by atoms with Crippen molar-refractivity contribution >= 4 is 28.6 Å². The number of benzene rings is 2. The SMILES string of the molecule is COc1cc(C=C(C#N)c2nc3ccccc3[nH]2)ccc1OCC(=O)NC1CCCCC1C. The number of hydrogen-bond donors (Lipinski definition) is 2. The standard InChI is InChI=1S/C26H28N4O3/c1-17-7-3-4-8-20(17)28-25(31)16-33-23-12-11-18(14-24(23)32-2)13-19(15-27)26-29-21-9-5-6-10-22(21)30-26/h5-6,9-14,17,20H,3-4,7-8,16H2,1-2H3,(H,28,31)(H,29,30). The Morgan fingerprint density at radius 3 is 2.82 bits per heavy atom. The number of carbonyl (C=O) groups is 1. The van der Waals surface area contributed by atoms with Crippen molar-refractivity contribution in [1.82, 2.24) is 15.3 Å². The summed E-state index contributed by atoms with van der Waals surface area (Å²) in [6.07, 6.45) is 6.28. The van der Waals surface area contributed by atoms with Crippen molar-refractivity contribution in [2.75, 3.05) is 13.7 Å². The molecule has 1 aromatic heterocycles. The Kier molecular flexibility index (Phi) is 6.94. The van der Waals surface area contributed by atoms with Crippen LogP contribution in [0.5, 0.6) is 11.5 Å². The fourth-order valence-corrected chi connectivity index (χ4v) is 4.22. The molecule has 1 fully saturated rings. The zero-order valence-corrected chi connectivity index (χ0v) is 18.9. The third-order valence-corrected chi connectivity index (χ3v) is 6.08. The number of amides is 1. The van der Waals surface area contributed by atoms with E-state index in [9.17, 15) is 10.1 Å². The molecule has 1 saturated carbocycles. The Morgan fingerprint density at radius 2 is 2.06 bits per heavy atom. The van der Waals surface area contributed by atoms with Gasteiger partial charge in [0.15, 0.2) is 18.1 Å². The molecule has 2 aromatic carbocycles. The zero-order valence-electron chi connectivity index (χ0n) is 18.9. The fraction of sp³-hybridized carbons (Fsp3) is 0.346. The Labute approximate surface area is 193 Å². The first-order chi connectivity index (χ1) is 16.1. The third-order valence-electron chi connectivity index (χ3n) is 6.08. The van der Waals surface area contributed by atoms with E-state index in [-0.39, 0.29) is 18.6 Å². The molecule has 33 heavy (non-hydrogen) atoms. The summed E-state index contributed by atoms with van der Waals surface area (Å²) in [6.45, 7) is 2.11. The van der Waals surface area contributed by atoms with Gasteiger partial charge in [-0.25, -0.2) is 4.98 Å². The molecule has 1 aliphatic rings. The minimum absolute atomic E-state index is 0.0722. The molecule has 1 amide bonds. The number of aromatic nitrogens is 2. The normalized spacial score (nSPS) is 18.5. The maximum Gasteiger partial charge on any atom is 0.258 e. The summed E-state index contributed by atoms with van der Waals surface area (Å²) in [5.41, 5.74) is 2.84. The summed E-state index contributed by atoms with van der Waals surface area (Å²) in [4.78, 5) is 20.0. The molecule has 0 radical (unpaired) electrons. The maximum absolute atomic E-state index is 12.4. The van der Waals surface area contributed by atoms with Gasteiger partial charge < -0.3 is 19.8 Å². The van der Waals surface area contributed by atoms with Crippen LogP contribution in [0.2, 0.25) is 0 Å². The van der Waals surface area contributed by atoms with Crippen LogP contribution in [0.3, 0.4) is 0 Å². The molecule has 2 unspecified atom stereocenters. The van der Waals surface area contributed by atoms with E-state index in [0.29, 0.717) is 28.8 Å². The molecule has 0 saturated heterocycles. The average Bonchev–Trinajstić information content (AvgIpc) is 3.27. The number of ether oxygens (including phenoxy) is 2. The number of nitrogens with one attached hydrogen (secondary N) is 2. The van der Waals surface area contributed by atoms with Crippen LogP contribution in [-0.2, 0) is 4.79 Å². The number of nitrogens with zero attached hydrogens (tertiary/aromatic N) is 2. The summed E-state index contributed by atoms with van der Waals surface area (Å²) < 4.78 is 11.2. The van der Waals surface area contributed by atoms with E-state index < -0.39 is 0 Å². The third kappa shape index (κ3) is 5.35. The predicted octanol–water partition coefficient (Wildman–Crippen LogP) is 4.71. The lowest BCUT2D eigenvalue weighted by Crippen LogP contribution is -2.43. The number of imidazole rings is 1. The molecule has 0 spiro atoms. The Balaban J connectivity index is 1.45. The van der Waals surface area contributed by atoms with Crippen molar-refractivity contribution in [3.8, 4) is 17.6 Å². The van der Waals surface area contributed by atoms with Gasteiger partial charge in [0.05, 0.1) is 23.7 Å². The molecule has 0 bridgehead atoms. The van der Waals surface area contributed by atoms with Gasteiger partial charge in [-0.3, -0.25) is 4.79 Å². The van der Waals surface area contributed by atoms with Gasteiger partial charge in [-0.2, -0.15) is 5.26 Å². The summed E-state index contributed by atoms with van der Waals surface area (Å²) >= 11 is 0. The average molecular weight is 445 g/mol. The van der Waals surface area contributed by atoms with E-state index in [1.807, 2.05) is 30.3 Å². The number of H-pyrrole nitrogens is 1. The number of para-hydroxylation sites is 2. The van der Waals surface area contributed by atoms with Crippen molar-refractivity contribution in [3.63, 3.8) is 0 Å². The van der Waals surface area contributed by atoms with Gasteiger partial charge in [0.1, 0.15) is 11.9 Å². The van der Waals surface area contributed by atoms with Crippen LogP contribution in [0.1, 0.15) is 44.0 Å². The van der Waals surface area contributed by atoms with Crippen molar-refractivity contribution in [1.29, 1.82) is 5.26 Å². The van der Waals surface area contributed by atoms with Crippen molar-refractivity contribution in [3.05, 3.63) is 53.9 Å². The molecule has 1 heterocycles. The van der Waals surface area contributed by atoms with Crippen LogP contribution >= 0.6 is 0 Å². The van der Waals surface area contributed by atoms with Crippen molar-refractivity contribution in [2.24, 2.45) is 5.92 Å². The second kappa shape index (κ2) is 10.2. The maximum atomic E-state index is 12.4. The van der Waals surface area contributed by atoms with Crippen molar-refractivity contribution in [2.45, 2.75) is 38.6 Å². The number of fused-ring (bicyclic) bond motifs is 1. The second-order valence-electron chi connectivity index (χ2n) is 8.41. The molecule has 3 aromatic rings. The molecule has 1 aliphatic carbocycles. The zero-order chi connectivity index (χ0) is 23.2. The molecular weight excluding hydrogens is 416 g/mol. The van der Waals surface area contributed by atoms with E-state index in [1.54, 1.807) is 25.3 Å². The first-order valence-corrected chi connectivity index (χ1v) is 11.2. The molecule has 170 valence electrons. The van der Waals surface area contributed by atoms with Gasteiger partial charge in [-0.05, 0) is 54.7 Å². The van der Waals surface area contributed by atoms with Gasteiger partial charge in [0.25, 0.3) is 5.91 Å². The van der Waals surface area contributed by atoms with E-state index in [2.05, 4.69) is 28.3 Å². The number of nitriles is 1. The minimum Gasteiger partial charge on any atom is -0.493 e. The number of carbonyl (C=O) groups excluding carboxylic acids is 1. The first-order valence-electron chi connectivity index (χ1n) is 11.2. The van der Waals surface area contributed by atoms with Crippen LogP contribution in [0.15, 0.2) is 42.5 Å². The van der Waals surface area contributed by atoms with Crippen LogP contribution in [0.25, 0.3) is 22.7 Å². The van der Waals surface area contributed by atoms with Crippen molar-refractivity contribution < 1.29 is 14.3 Å². The molecular formula is C26H28N4O3. The van der Waals surface area contributed by atoms with Crippen LogP contribution < -0.4 is 14.8 Å². The van der Waals surface area contributed by atoms with E-state index >= 15 is 0 Å². The highest BCUT2D eigenvalue weighted by Gasteiger charge is 2.23. The lowest BCUT2D eigenvalue weighted by atomic mass is 9.86. The minimum atomic E-state index is -0.128. The quantitative estimate of drug-likeness (QED) is 0.514. The lowest BCUT2D eigenvalue weighted by Gasteiger charge is -2.29. The molecule has 7 nitrogen and oxygen atoms in total. The number of rotatable bonds is 7. The van der Waals surface area contributed by atoms with Gasteiger partial charge in [-0.15, -0.1) is 0 Å². The monoisotopic (exact) mass is 444 g/mol. The smallest absolute Gasteiger partial charge is 0.258 e. The second-order valence-corrected chi connectivity index (χ2v) is 8.41.